The van der Waals surface area contributed by atoms with Crippen LogP contribution in [-0.4, -0.2) is 31.1 Å². The van der Waals surface area contributed by atoms with Crippen molar-refractivity contribution in [2.24, 2.45) is 5.41 Å². The van der Waals surface area contributed by atoms with E-state index < -0.39 is 0 Å². The van der Waals surface area contributed by atoms with Crippen molar-refractivity contribution in [1.82, 2.24) is 10.2 Å². The van der Waals surface area contributed by atoms with Gasteiger partial charge >= 0.3 is 0 Å². The molecule has 23 heavy (non-hydrogen) atoms. The van der Waals surface area contributed by atoms with Crippen LogP contribution in [0.5, 0.6) is 0 Å². The molecule has 1 N–H and O–H groups in total. The lowest BCUT2D eigenvalue weighted by Crippen LogP contribution is -2.43. The number of furan rings is 1. The molecule has 1 spiro atoms. The van der Waals surface area contributed by atoms with Gasteiger partial charge in [0.25, 0.3) is 0 Å². The zero-order chi connectivity index (χ0) is 15.7. The molecule has 0 saturated carbocycles. The van der Waals surface area contributed by atoms with E-state index in [1.54, 1.807) is 0 Å². The largest absolute Gasteiger partial charge is 0.461 e. The highest BCUT2D eigenvalue weighted by atomic mass is 16.3. The Morgan fingerprint density at radius 2 is 2.17 bits per heavy atom. The third-order valence-corrected chi connectivity index (χ3v) is 5.43. The normalized spacial score (nSPS) is 25.3. The van der Waals surface area contributed by atoms with Gasteiger partial charge in [0.2, 0.25) is 0 Å². The molecule has 0 bridgehead atoms. The standard InChI is InChI=1S/C20H26N2O/c1-16-6-7-19(23-16)18-5-2-4-17(12-18)13-22-11-3-8-20(15-22)9-10-21-14-20/h2,4-7,12,21H,3,8-11,13-15H2,1H3. The Bertz CT molecular complexity index is 670. The number of hydrogen-bond donors (Lipinski definition) is 1. The number of rotatable bonds is 3. The van der Waals surface area contributed by atoms with Crippen molar-refractivity contribution in [3.63, 3.8) is 0 Å². The molecular formula is C20H26N2O. The smallest absolute Gasteiger partial charge is 0.134 e. The van der Waals surface area contributed by atoms with E-state index in [0.29, 0.717) is 5.41 Å². The summed E-state index contributed by atoms with van der Waals surface area (Å²) < 4.78 is 5.77. The first-order valence-corrected chi connectivity index (χ1v) is 8.81. The lowest BCUT2D eigenvalue weighted by Gasteiger charge is -2.40. The summed E-state index contributed by atoms with van der Waals surface area (Å²) in [5.74, 6) is 1.94. The molecule has 3 heteroatoms. The fourth-order valence-corrected chi connectivity index (χ4v) is 4.26. The van der Waals surface area contributed by atoms with Gasteiger partial charge in [-0.05, 0) is 68.5 Å². The molecule has 0 amide bonds. The minimum absolute atomic E-state index is 0.536. The number of aryl methyl sites for hydroxylation is 1. The summed E-state index contributed by atoms with van der Waals surface area (Å²) in [4.78, 5) is 2.64. The molecule has 2 fully saturated rings. The second-order valence-electron chi connectivity index (χ2n) is 7.35. The van der Waals surface area contributed by atoms with Crippen LogP contribution < -0.4 is 5.32 Å². The van der Waals surface area contributed by atoms with Gasteiger partial charge in [-0.25, -0.2) is 0 Å². The van der Waals surface area contributed by atoms with Gasteiger partial charge in [0, 0.05) is 25.2 Å². The molecule has 0 aliphatic carbocycles. The Morgan fingerprint density at radius 1 is 1.22 bits per heavy atom. The van der Waals surface area contributed by atoms with Gasteiger partial charge in [-0.2, -0.15) is 0 Å². The molecule has 2 aliphatic rings. The van der Waals surface area contributed by atoms with Gasteiger partial charge in [0.1, 0.15) is 11.5 Å². The zero-order valence-electron chi connectivity index (χ0n) is 14.0. The molecule has 1 aromatic heterocycles. The SMILES string of the molecule is Cc1ccc(-c2cccc(CN3CCCC4(CCNC4)C3)c2)o1. The maximum Gasteiger partial charge on any atom is 0.134 e. The quantitative estimate of drug-likeness (QED) is 0.934. The minimum Gasteiger partial charge on any atom is -0.461 e. The average molecular weight is 310 g/mol. The summed E-state index contributed by atoms with van der Waals surface area (Å²) in [7, 11) is 0. The minimum atomic E-state index is 0.536. The highest BCUT2D eigenvalue weighted by molar-refractivity contribution is 5.58. The van der Waals surface area contributed by atoms with E-state index in [-0.39, 0.29) is 0 Å². The molecule has 3 nitrogen and oxygen atoms in total. The monoisotopic (exact) mass is 310 g/mol. The molecule has 1 atom stereocenters. The Kier molecular flexibility index (Phi) is 4.00. The number of nitrogens with zero attached hydrogens (tertiary/aromatic N) is 1. The predicted molar refractivity (Wildman–Crippen MR) is 93.3 cm³/mol. The molecule has 1 unspecified atom stereocenters. The Morgan fingerprint density at radius 3 is 2.96 bits per heavy atom. The van der Waals surface area contributed by atoms with Crippen LogP contribution in [0.2, 0.25) is 0 Å². The lowest BCUT2D eigenvalue weighted by atomic mass is 9.79. The second kappa shape index (κ2) is 6.14. The van der Waals surface area contributed by atoms with Gasteiger partial charge in [-0.1, -0.05) is 18.2 Å². The van der Waals surface area contributed by atoms with Gasteiger partial charge < -0.3 is 9.73 Å². The van der Waals surface area contributed by atoms with Crippen LogP contribution in [0.1, 0.15) is 30.6 Å². The Labute approximate surface area is 138 Å². The topological polar surface area (TPSA) is 28.4 Å². The summed E-state index contributed by atoms with van der Waals surface area (Å²) >= 11 is 0. The van der Waals surface area contributed by atoms with Gasteiger partial charge in [-0.15, -0.1) is 0 Å². The Hall–Kier alpha value is -1.58. The van der Waals surface area contributed by atoms with Crippen LogP contribution in [0.4, 0.5) is 0 Å². The van der Waals surface area contributed by atoms with Crippen LogP contribution in [0.15, 0.2) is 40.8 Å². The van der Waals surface area contributed by atoms with Gasteiger partial charge in [-0.3, -0.25) is 4.90 Å². The van der Waals surface area contributed by atoms with Crippen LogP contribution >= 0.6 is 0 Å². The number of benzene rings is 1. The molecule has 2 aromatic rings. The van der Waals surface area contributed by atoms with Crippen molar-refractivity contribution >= 4 is 0 Å². The van der Waals surface area contributed by atoms with Crippen LogP contribution in [-0.2, 0) is 6.54 Å². The molecule has 3 heterocycles. The summed E-state index contributed by atoms with van der Waals surface area (Å²) in [5, 5.41) is 3.56. The van der Waals surface area contributed by atoms with Crippen LogP contribution in [0.3, 0.4) is 0 Å². The number of hydrogen-bond acceptors (Lipinski definition) is 3. The molecule has 0 radical (unpaired) electrons. The first-order chi connectivity index (χ1) is 11.2. The fourth-order valence-electron chi connectivity index (χ4n) is 4.26. The van der Waals surface area contributed by atoms with Gasteiger partial charge in [0.05, 0.1) is 0 Å². The van der Waals surface area contributed by atoms with E-state index in [1.165, 1.54) is 56.6 Å². The van der Waals surface area contributed by atoms with E-state index in [2.05, 4.69) is 40.5 Å². The maximum absolute atomic E-state index is 5.77. The van der Waals surface area contributed by atoms with Crippen molar-refractivity contribution in [3.05, 3.63) is 47.7 Å². The van der Waals surface area contributed by atoms with Crippen LogP contribution in [0.25, 0.3) is 11.3 Å². The van der Waals surface area contributed by atoms with Crippen molar-refractivity contribution in [1.29, 1.82) is 0 Å². The van der Waals surface area contributed by atoms with E-state index >= 15 is 0 Å². The molecule has 4 rings (SSSR count). The lowest BCUT2D eigenvalue weighted by molar-refractivity contribution is 0.0978. The van der Waals surface area contributed by atoms with Crippen molar-refractivity contribution in [3.8, 4) is 11.3 Å². The summed E-state index contributed by atoms with van der Waals surface area (Å²) in [6.45, 7) is 7.91. The average Bonchev–Trinajstić information content (AvgIpc) is 3.17. The fraction of sp³-hybridized carbons (Fsp3) is 0.500. The molecule has 2 saturated heterocycles. The van der Waals surface area contributed by atoms with Crippen molar-refractivity contribution in [2.75, 3.05) is 26.2 Å². The summed E-state index contributed by atoms with van der Waals surface area (Å²) in [5.41, 5.74) is 3.11. The molecule has 1 aromatic carbocycles. The van der Waals surface area contributed by atoms with E-state index in [0.717, 1.165) is 18.1 Å². The third kappa shape index (κ3) is 3.22. The first-order valence-electron chi connectivity index (χ1n) is 8.81. The van der Waals surface area contributed by atoms with E-state index in [4.69, 9.17) is 4.42 Å². The number of piperidine rings is 1. The Balaban J connectivity index is 1.48. The number of likely N-dealkylation sites (tertiary alicyclic amines) is 1. The summed E-state index contributed by atoms with van der Waals surface area (Å²) in [6, 6.07) is 12.9. The third-order valence-electron chi connectivity index (χ3n) is 5.43. The first kappa shape index (κ1) is 15.0. The summed E-state index contributed by atoms with van der Waals surface area (Å²) in [6.07, 6.45) is 4.07. The molecule has 2 aliphatic heterocycles. The highest BCUT2D eigenvalue weighted by Crippen LogP contribution is 2.36. The molecule has 122 valence electrons. The molecular weight excluding hydrogens is 284 g/mol. The predicted octanol–water partition coefficient (Wildman–Crippen LogP) is 3.83. The van der Waals surface area contributed by atoms with E-state index in [9.17, 15) is 0 Å². The second-order valence-corrected chi connectivity index (χ2v) is 7.35. The highest BCUT2D eigenvalue weighted by Gasteiger charge is 2.37. The van der Waals surface area contributed by atoms with E-state index in [1.807, 2.05) is 13.0 Å². The number of nitrogens with one attached hydrogen (secondary N) is 1. The van der Waals surface area contributed by atoms with Crippen molar-refractivity contribution < 1.29 is 4.42 Å². The van der Waals surface area contributed by atoms with Gasteiger partial charge in [0.15, 0.2) is 0 Å². The maximum atomic E-state index is 5.77. The van der Waals surface area contributed by atoms with Crippen molar-refractivity contribution in [2.45, 2.75) is 32.7 Å². The van der Waals surface area contributed by atoms with Crippen LogP contribution in [0, 0.1) is 12.3 Å². The zero-order valence-corrected chi connectivity index (χ0v) is 14.0.